The van der Waals surface area contributed by atoms with Gasteiger partial charge in [0.2, 0.25) is 0 Å². The van der Waals surface area contributed by atoms with Gasteiger partial charge in [-0.05, 0) is 48.4 Å². The van der Waals surface area contributed by atoms with Crippen LogP contribution in [0.1, 0.15) is 5.69 Å². The number of aryl methyl sites for hydroxylation is 1. The Hall–Kier alpha value is -4.39. The zero-order chi connectivity index (χ0) is 22.1. The van der Waals surface area contributed by atoms with Crippen LogP contribution in [0.4, 0.5) is 11.5 Å². The predicted octanol–water partition coefficient (Wildman–Crippen LogP) is 5.18. The molecule has 7 heteroatoms. The van der Waals surface area contributed by atoms with E-state index in [1.54, 1.807) is 24.7 Å². The molecule has 0 unspecified atom stereocenters. The van der Waals surface area contributed by atoms with Gasteiger partial charge in [-0.3, -0.25) is 0 Å². The van der Waals surface area contributed by atoms with Crippen molar-refractivity contribution in [1.29, 1.82) is 0 Å². The fourth-order valence-corrected chi connectivity index (χ4v) is 3.96. The number of nitrogens with one attached hydrogen (secondary N) is 1. The second-order valence-electron chi connectivity index (χ2n) is 7.35. The number of hydrogen-bond donors (Lipinski definition) is 2. The Kier molecular flexibility index (Phi) is 4.91. The molecular formula is C25H22N6O. The van der Waals surface area contributed by atoms with Crippen molar-refractivity contribution in [2.45, 2.75) is 6.92 Å². The monoisotopic (exact) mass is 422 g/mol. The molecule has 0 saturated carbocycles. The van der Waals surface area contributed by atoms with E-state index in [2.05, 4.69) is 55.9 Å². The molecule has 5 aromatic rings. The molecule has 32 heavy (non-hydrogen) atoms. The number of fused-ring (bicyclic) bond motifs is 1. The topological polar surface area (TPSA) is 90.4 Å². The minimum absolute atomic E-state index is 0.309. The van der Waals surface area contributed by atoms with Gasteiger partial charge in [0.05, 0.1) is 5.52 Å². The third kappa shape index (κ3) is 3.39. The average molecular weight is 422 g/mol. The summed E-state index contributed by atoms with van der Waals surface area (Å²) in [6.07, 6.45) is 6.96. The lowest BCUT2D eigenvalue weighted by atomic mass is 9.95. The minimum Gasteiger partial charge on any atom is -0.424 e. The molecule has 7 nitrogen and oxygen atoms in total. The molecule has 0 aliphatic heterocycles. The number of nitrogens with zero attached hydrogens (tertiary/aromatic N) is 4. The van der Waals surface area contributed by atoms with Crippen LogP contribution in [0.5, 0.6) is 11.8 Å². The largest absolute Gasteiger partial charge is 0.424 e. The number of nitrogen functional groups attached to an aromatic ring is 1. The lowest BCUT2D eigenvalue weighted by Gasteiger charge is -2.10. The number of benzene rings is 2. The van der Waals surface area contributed by atoms with E-state index in [0.29, 0.717) is 17.6 Å². The number of aromatic nitrogens is 4. The fraction of sp³-hybridized carbons (Fsp3) is 0.0800. The molecule has 2 aromatic carbocycles. The Morgan fingerprint density at radius 1 is 0.844 bits per heavy atom. The van der Waals surface area contributed by atoms with Gasteiger partial charge in [0.25, 0.3) is 0 Å². The molecule has 3 N–H and O–H groups in total. The minimum atomic E-state index is 0.309. The second kappa shape index (κ2) is 8.03. The van der Waals surface area contributed by atoms with Crippen molar-refractivity contribution in [3.05, 3.63) is 85.1 Å². The molecule has 5 rings (SSSR count). The van der Waals surface area contributed by atoms with E-state index in [-0.39, 0.29) is 0 Å². The van der Waals surface area contributed by atoms with Gasteiger partial charge >= 0.3 is 6.01 Å². The maximum Gasteiger partial charge on any atom is 0.321 e. The SMILES string of the molecule is CNc1ccc(-c2c(-c3ccc(Oc4ncccn4)cc3)c3c(N)nccn3c2C)cc1. The van der Waals surface area contributed by atoms with Gasteiger partial charge in [-0.15, -0.1) is 0 Å². The van der Waals surface area contributed by atoms with Gasteiger partial charge in [-0.25, -0.2) is 15.0 Å². The Morgan fingerprint density at radius 3 is 2.19 bits per heavy atom. The summed E-state index contributed by atoms with van der Waals surface area (Å²) >= 11 is 0. The number of hydrogen-bond acceptors (Lipinski definition) is 6. The normalized spacial score (nSPS) is 10.9. The smallest absolute Gasteiger partial charge is 0.321 e. The maximum atomic E-state index is 6.35. The third-order valence-electron chi connectivity index (χ3n) is 5.48. The van der Waals surface area contributed by atoms with E-state index in [1.807, 2.05) is 37.5 Å². The number of ether oxygens (including phenoxy) is 1. The average Bonchev–Trinajstić information content (AvgIpc) is 3.14. The summed E-state index contributed by atoms with van der Waals surface area (Å²) in [4.78, 5) is 12.6. The Balaban J connectivity index is 1.65. The maximum absolute atomic E-state index is 6.35. The molecule has 0 fully saturated rings. The van der Waals surface area contributed by atoms with Crippen LogP contribution in [0.25, 0.3) is 27.8 Å². The lowest BCUT2D eigenvalue weighted by molar-refractivity contribution is 0.442. The van der Waals surface area contributed by atoms with Crippen molar-refractivity contribution in [2.75, 3.05) is 18.1 Å². The molecule has 0 atom stereocenters. The standard InChI is InChI=1S/C25H22N6O/c1-16-21(17-4-8-19(27-2)9-5-17)22(23-24(26)28-14-15-31(16)23)18-6-10-20(11-7-18)32-25-29-12-3-13-30-25/h3-15,27H,1-2H3,(H2,26,28). The molecule has 0 aliphatic rings. The van der Waals surface area contributed by atoms with Crippen molar-refractivity contribution in [1.82, 2.24) is 19.4 Å². The van der Waals surface area contributed by atoms with Crippen molar-refractivity contribution in [2.24, 2.45) is 0 Å². The molecule has 0 bridgehead atoms. The summed E-state index contributed by atoms with van der Waals surface area (Å²) < 4.78 is 7.85. The van der Waals surface area contributed by atoms with Gasteiger partial charge in [0.15, 0.2) is 0 Å². The van der Waals surface area contributed by atoms with E-state index in [4.69, 9.17) is 10.5 Å². The van der Waals surface area contributed by atoms with Crippen LogP contribution in [0.2, 0.25) is 0 Å². The first-order chi connectivity index (χ1) is 15.7. The molecule has 0 aliphatic carbocycles. The van der Waals surface area contributed by atoms with E-state index in [9.17, 15) is 0 Å². The summed E-state index contributed by atoms with van der Waals surface area (Å²) in [7, 11) is 1.91. The zero-order valence-corrected chi connectivity index (χ0v) is 17.8. The van der Waals surface area contributed by atoms with Gasteiger partial charge in [-0.1, -0.05) is 24.3 Å². The quantitative estimate of drug-likeness (QED) is 0.405. The van der Waals surface area contributed by atoms with Crippen LogP contribution < -0.4 is 15.8 Å². The molecule has 0 spiro atoms. The zero-order valence-electron chi connectivity index (χ0n) is 17.8. The first-order valence-corrected chi connectivity index (χ1v) is 10.2. The molecule has 158 valence electrons. The van der Waals surface area contributed by atoms with Crippen LogP contribution in [0.15, 0.2) is 79.4 Å². The Bertz CT molecular complexity index is 1380. The summed E-state index contributed by atoms with van der Waals surface area (Å²) in [6, 6.07) is 18.3. The van der Waals surface area contributed by atoms with Crippen molar-refractivity contribution in [3.63, 3.8) is 0 Å². The number of rotatable bonds is 5. The first kappa shape index (κ1) is 19.6. The molecule has 0 saturated heterocycles. The molecule has 0 radical (unpaired) electrons. The number of anilines is 2. The summed E-state index contributed by atoms with van der Waals surface area (Å²) in [5.74, 6) is 1.15. The van der Waals surface area contributed by atoms with E-state index in [1.165, 1.54) is 0 Å². The van der Waals surface area contributed by atoms with Crippen molar-refractivity contribution < 1.29 is 4.74 Å². The van der Waals surface area contributed by atoms with Crippen LogP contribution in [0.3, 0.4) is 0 Å². The van der Waals surface area contributed by atoms with Crippen LogP contribution in [-0.4, -0.2) is 26.4 Å². The molecule has 3 aromatic heterocycles. The Morgan fingerprint density at radius 2 is 1.50 bits per heavy atom. The molecular weight excluding hydrogens is 400 g/mol. The van der Waals surface area contributed by atoms with Gasteiger partial charge in [0, 0.05) is 54.3 Å². The van der Waals surface area contributed by atoms with Crippen molar-refractivity contribution in [3.8, 4) is 34.0 Å². The second-order valence-corrected chi connectivity index (χ2v) is 7.35. The highest BCUT2D eigenvalue weighted by Crippen LogP contribution is 2.42. The molecule has 0 amide bonds. The third-order valence-corrected chi connectivity index (χ3v) is 5.48. The van der Waals surface area contributed by atoms with Gasteiger partial charge in [0.1, 0.15) is 11.6 Å². The first-order valence-electron chi connectivity index (χ1n) is 10.2. The van der Waals surface area contributed by atoms with Crippen LogP contribution in [-0.2, 0) is 0 Å². The lowest BCUT2D eigenvalue weighted by Crippen LogP contribution is -1.96. The van der Waals surface area contributed by atoms with Crippen molar-refractivity contribution >= 4 is 17.0 Å². The van der Waals surface area contributed by atoms with Crippen LogP contribution in [0, 0.1) is 6.92 Å². The highest BCUT2D eigenvalue weighted by molar-refractivity contribution is 6.00. The highest BCUT2D eigenvalue weighted by Gasteiger charge is 2.21. The fourth-order valence-electron chi connectivity index (χ4n) is 3.96. The van der Waals surface area contributed by atoms with E-state index < -0.39 is 0 Å². The predicted molar refractivity (Wildman–Crippen MR) is 127 cm³/mol. The van der Waals surface area contributed by atoms with E-state index in [0.717, 1.165) is 39.2 Å². The Labute approximate surface area is 185 Å². The van der Waals surface area contributed by atoms with E-state index >= 15 is 0 Å². The van der Waals surface area contributed by atoms with Crippen LogP contribution >= 0.6 is 0 Å². The highest BCUT2D eigenvalue weighted by atomic mass is 16.5. The van der Waals surface area contributed by atoms with Gasteiger partial charge in [-0.2, -0.15) is 0 Å². The molecule has 3 heterocycles. The summed E-state index contributed by atoms with van der Waals surface area (Å²) in [6.45, 7) is 2.10. The summed E-state index contributed by atoms with van der Waals surface area (Å²) in [5, 5.41) is 3.17. The summed E-state index contributed by atoms with van der Waals surface area (Å²) in [5.41, 5.74) is 13.7. The number of nitrogens with two attached hydrogens (primary N) is 1. The van der Waals surface area contributed by atoms with Gasteiger partial charge < -0.3 is 20.2 Å².